The zero-order chi connectivity index (χ0) is 34.2. The predicted molar refractivity (Wildman–Crippen MR) is 173 cm³/mol. The number of ketones is 1. The molecule has 13 heteroatoms. The number of carbonyl (C=O) groups excluding carboxylic acids is 5. The van der Waals surface area contributed by atoms with E-state index < -0.39 is 39.2 Å². The second-order valence-corrected chi connectivity index (χ2v) is 14.5. The van der Waals surface area contributed by atoms with Gasteiger partial charge in [-0.25, -0.2) is 13.2 Å². The lowest BCUT2D eigenvalue weighted by molar-refractivity contribution is -0.154. The number of benzene rings is 1. The van der Waals surface area contributed by atoms with Gasteiger partial charge in [0.1, 0.15) is 6.61 Å². The van der Waals surface area contributed by atoms with E-state index in [4.69, 9.17) is 10.5 Å². The van der Waals surface area contributed by atoms with Gasteiger partial charge >= 0.3 is 12.0 Å². The number of unbranched alkanes of at least 4 members (excludes halogenated alkanes) is 2. The van der Waals surface area contributed by atoms with Gasteiger partial charge in [0.25, 0.3) is 0 Å². The van der Waals surface area contributed by atoms with Gasteiger partial charge in [-0.05, 0) is 70.1 Å². The summed E-state index contributed by atoms with van der Waals surface area (Å²) in [7, 11) is -3.28. The van der Waals surface area contributed by atoms with Gasteiger partial charge in [-0.1, -0.05) is 39.0 Å². The Morgan fingerprint density at radius 2 is 1.64 bits per heavy atom. The number of hydrogen-bond donors (Lipinski definition) is 4. The fraction of sp³-hybridized carbons (Fsp3) is 0.594. The fourth-order valence-electron chi connectivity index (χ4n) is 4.26. The number of rotatable bonds is 20. The number of primary amides is 1. The molecule has 2 atom stereocenters. The average molecular weight is 651 g/mol. The molecular weight excluding hydrogens is 600 g/mol. The molecule has 1 rings (SSSR count). The van der Waals surface area contributed by atoms with E-state index in [1.165, 1.54) is 0 Å². The predicted octanol–water partition coefficient (Wildman–Crippen LogP) is 4.00. The normalized spacial score (nSPS) is 12.9. The minimum absolute atomic E-state index is 0.0271. The third-order valence-electron chi connectivity index (χ3n) is 6.97. The summed E-state index contributed by atoms with van der Waals surface area (Å²) in [6.45, 7) is 12.5. The van der Waals surface area contributed by atoms with Crippen LogP contribution in [0.4, 0.5) is 10.5 Å². The van der Waals surface area contributed by atoms with Gasteiger partial charge in [0, 0.05) is 36.4 Å². The van der Waals surface area contributed by atoms with Crippen molar-refractivity contribution in [2.45, 2.75) is 92.2 Å². The largest absolute Gasteiger partial charge is 0.460 e. The topological polar surface area (TPSA) is 191 Å². The summed E-state index contributed by atoms with van der Waals surface area (Å²) < 4.78 is 28.4. The van der Waals surface area contributed by atoms with Gasteiger partial charge in [-0.2, -0.15) is 0 Å². The van der Waals surface area contributed by atoms with Crippen molar-refractivity contribution < 1.29 is 37.1 Å². The van der Waals surface area contributed by atoms with E-state index in [0.717, 1.165) is 11.0 Å². The summed E-state index contributed by atoms with van der Waals surface area (Å²) in [5.41, 5.74) is 5.75. The first-order chi connectivity index (χ1) is 20.9. The highest BCUT2D eigenvalue weighted by Gasteiger charge is 2.29. The number of carbonyl (C=O) groups is 5. The molecule has 0 saturated heterocycles. The van der Waals surface area contributed by atoms with Gasteiger partial charge in [-0.15, -0.1) is 0 Å². The maximum atomic E-state index is 13.4. The van der Waals surface area contributed by atoms with Crippen molar-refractivity contribution in [2.24, 2.45) is 23.0 Å². The lowest BCUT2D eigenvalue weighted by Gasteiger charge is -2.24. The maximum Gasteiger partial charge on any atom is 0.312 e. The maximum absolute atomic E-state index is 13.4. The molecule has 1 aromatic rings. The van der Waals surface area contributed by atoms with Crippen LogP contribution in [0.3, 0.4) is 0 Å². The molecule has 0 aliphatic heterocycles. The average Bonchev–Trinajstić information content (AvgIpc) is 2.95. The van der Waals surface area contributed by atoms with Crippen LogP contribution in [0.25, 0.3) is 0 Å². The number of urea groups is 1. The molecule has 0 aliphatic carbocycles. The summed E-state index contributed by atoms with van der Waals surface area (Å²) in [4.78, 5) is 62.4. The molecule has 0 radical (unpaired) electrons. The van der Waals surface area contributed by atoms with E-state index in [0.29, 0.717) is 31.4 Å². The van der Waals surface area contributed by atoms with Crippen LogP contribution in [0.5, 0.6) is 0 Å². The second-order valence-electron chi connectivity index (χ2n) is 12.4. The number of Topliss-reactive ketones (excluding diaryl/α,β-unsaturated/α-hetero) is 1. The number of sulfone groups is 1. The minimum Gasteiger partial charge on any atom is -0.460 e. The van der Waals surface area contributed by atoms with Crippen molar-refractivity contribution in [1.82, 2.24) is 10.6 Å². The van der Waals surface area contributed by atoms with E-state index in [9.17, 15) is 32.4 Å². The van der Waals surface area contributed by atoms with Crippen LogP contribution in [0.2, 0.25) is 0 Å². The first kappa shape index (κ1) is 39.3. The summed E-state index contributed by atoms with van der Waals surface area (Å²) in [6, 6.07) is 5.31. The standard InChI is InChI=1S/C32H50N4O8S/c1-7-45(42,43)19-10-8-9-13-27(38)36-28(22(2)3)26(37)20-24(12-11-18-34-31(33)41)29(39)35-25-16-14-23(15-17-25)21-44-30(40)32(4,5)6/h7,14-17,22,24,28H,1,8-13,18-21H2,2-6H3,(H,35,39)(H,36,38)(H3,33,34,41)/t24-,28-/m1/s1. The number of nitrogens with one attached hydrogen (secondary N) is 3. The molecule has 0 unspecified atom stereocenters. The molecule has 252 valence electrons. The molecule has 0 spiro atoms. The molecule has 1 aromatic carbocycles. The molecule has 0 saturated carbocycles. The third-order valence-corrected chi connectivity index (χ3v) is 8.33. The van der Waals surface area contributed by atoms with E-state index >= 15 is 0 Å². The van der Waals surface area contributed by atoms with E-state index in [1.54, 1.807) is 58.9 Å². The summed E-state index contributed by atoms with van der Waals surface area (Å²) in [5.74, 6) is -2.35. The number of amides is 4. The van der Waals surface area contributed by atoms with Crippen LogP contribution < -0.4 is 21.7 Å². The molecule has 45 heavy (non-hydrogen) atoms. The van der Waals surface area contributed by atoms with Crippen LogP contribution in [-0.2, 0) is 40.4 Å². The van der Waals surface area contributed by atoms with Gasteiger partial charge in [0.05, 0.1) is 17.2 Å². The lowest BCUT2D eigenvalue weighted by atomic mass is 9.89. The third kappa shape index (κ3) is 16.2. The van der Waals surface area contributed by atoms with Gasteiger partial charge in [0.15, 0.2) is 15.6 Å². The SMILES string of the molecule is C=CS(=O)(=O)CCCCCC(=O)N[C@@H](C(=O)C[C@@H](CCCNC(N)=O)C(=O)Nc1ccc(COC(=O)C(C)(C)C)cc1)C(C)C. The zero-order valence-electron chi connectivity index (χ0n) is 27.1. The number of hydrogen-bond acceptors (Lipinski definition) is 8. The van der Waals surface area contributed by atoms with Crippen LogP contribution >= 0.6 is 0 Å². The van der Waals surface area contributed by atoms with Crippen molar-refractivity contribution in [3.05, 3.63) is 41.8 Å². The number of esters is 1. The first-order valence-corrected chi connectivity index (χ1v) is 16.9. The van der Waals surface area contributed by atoms with Gasteiger partial charge < -0.3 is 26.4 Å². The number of anilines is 1. The highest BCUT2D eigenvalue weighted by atomic mass is 32.2. The van der Waals surface area contributed by atoms with Crippen molar-refractivity contribution in [2.75, 3.05) is 17.6 Å². The Kier molecular flexibility index (Phi) is 16.5. The van der Waals surface area contributed by atoms with Crippen molar-refractivity contribution in [3.8, 4) is 0 Å². The highest BCUT2D eigenvalue weighted by Crippen LogP contribution is 2.21. The van der Waals surface area contributed by atoms with Crippen LogP contribution in [0.15, 0.2) is 36.3 Å². The van der Waals surface area contributed by atoms with Crippen molar-refractivity contribution in [3.63, 3.8) is 0 Å². The smallest absolute Gasteiger partial charge is 0.312 e. The van der Waals surface area contributed by atoms with Crippen LogP contribution in [0.1, 0.15) is 85.1 Å². The molecule has 0 aromatic heterocycles. The summed E-state index contributed by atoms with van der Waals surface area (Å²) in [5, 5.41) is 9.01. The number of ether oxygens (including phenoxy) is 1. The Hall–Kier alpha value is -3.74. The quantitative estimate of drug-likeness (QED) is 0.120. The monoisotopic (exact) mass is 650 g/mol. The molecule has 0 fully saturated rings. The van der Waals surface area contributed by atoms with E-state index in [2.05, 4.69) is 22.5 Å². The Morgan fingerprint density at radius 3 is 2.20 bits per heavy atom. The molecule has 0 bridgehead atoms. The van der Waals surface area contributed by atoms with Gasteiger partial charge in [-0.3, -0.25) is 19.2 Å². The zero-order valence-corrected chi connectivity index (χ0v) is 28.0. The first-order valence-electron chi connectivity index (χ1n) is 15.2. The highest BCUT2D eigenvalue weighted by molar-refractivity contribution is 7.94. The Labute approximate surface area is 267 Å². The van der Waals surface area contributed by atoms with Crippen molar-refractivity contribution >= 4 is 45.1 Å². The van der Waals surface area contributed by atoms with E-state index in [1.807, 2.05) is 0 Å². The van der Waals surface area contributed by atoms with E-state index in [-0.39, 0.29) is 61.7 Å². The molecule has 0 heterocycles. The molecule has 5 N–H and O–H groups in total. The summed E-state index contributed by atoms with van der Waals surface area (Å²) >= 11 is 0. The minimum atomic E-state index is -3.28. The summed E-state index contributed by atoms with van der Waals surface area (Å²) in [6.07, 6.45) is 2.09. The molecular formula is C32H50N4O8S. The van der Waals surface area contributed by atoms with Crippen LogP contribution in [0, 0.1) is 17.3 Å². The Morgan fingerprint density at radius 1 is 1.00 bits per heavy atom. The Bertz CT molecular complexity index is 1270. The van der Waals surface area contributed by atoms with Crippen molar-refractivity contribution in [1.29, 1.82) is 0 Å². The molecule has 12 nitrogen and oxygen atoms in total. The van der Waals surface area contributed by atoms with Crippen LogP contribution in [-0.4, -0.2) is 56.4 Å². The molecule has 4 amide bonds. The Balaban J connectivity index is 2.85. The number of nitrogens with two attached hydrogens (primary N) is 1. The lowest BCUT2D eigenvalue weighted by Crippen LogP contribution is -2.45. The van der Waals surface area contributed by atoms with Gasteiger partial charge in [0.2, 0.25) is 11.8 Å². The molecule has 0 aliphatic rings. The fourth-order valence-corrected chi connectivity index (χ4v) is 5.04. The second kappa shape index (κ2) is 18.9.